The molecule has 1 heterocycles. The van der Waals surface area contributed by atoms with Crippen LogP contribution in [0.2, 0.25) is 0 Å². The SMILES string of the molecule is CC(C)(CO)CCCNC(=O)N1CCN(c2ccccc2)CC1. The molecule has 0 aliphatic carbocycles. The predicted octanol–water partition coefficient (Wildman–Crippen LogP) is 2.32. The molecular weight excluding hydrogens is 290 g/mol. The summed E-state index contributed by atoms with van der Waals surface area (Å²) in [4.78, 5) is 16.4. The first kappa shape index (κ1) is 17.6. The van der Waals surface area contributed by atoms with Crippen LogP contribution in [0.1, 0.15) is 26.7 Å². The molecule has 23 heavy (non-hydrogen) atoms. The molecule has 1 saturated heterocycles. The Kier molecular flexibility index (Phi) is 6.28. The maximum Gasteiger partial charge on any atom is 0.317 e. The number of carbonyl (C=O) groups is 1. The Bertz CT molecular complexity index is 482. The third kappa shape index (κ3) is 5.43. The summed E-state index contributed by atoms with van der Waals surface area (Å²) in [6, 6.07) is 10.4. The van der Waals surface area contributed by atoms with E-state index in [0.29, 0.717) is 6.54 Å². The van der Waals surface area contributed by atoms with Crippen molar-refractivity contribution in [2.75, 3.05) is 44.2 Å². The average molecular weight is 319 g/mol. The number of benzene rings is 1. The fraction of sp³-hybridized carbons (Fsp3) is 0.611. The minimum absolute atomic E-state index is 0.0273. The average Bonchev–Trinajstić information content (AvgIpc) is 2.59. The summed E-state index contributed by atoms with van der Waals surface area (Å²) in [5, 5.41) is 12.2. The lowest BCUT2D eigenvalue weighted by Gasteiger charge is -2.36. The van der Waals surface area contributed by atoms with Gasteiger partial charge in [-0.15, -0.1) is 0 Å². The zero-order valence-corrected chi connectivity index (χ0v) is 14.3. The monoisotopic (exact) mass is 319 g/mol. The first-order valence-electron chi connectivity index (χ1n) is 8.45. The maximum atomic E-state index is 12.2. The topological polar surface area (TPSA) is 55.8 Å². The highest BCUT2D eigenvalue weighted by Gasteiger charge is 2.21. The first-order chi connectivity index (χ1) is 11.0. The van der Waals surface area contributed by atoms with Crippen LogP contribution in [-0.2, 0) is 0 Å². The number of aliphatic hydroxyl groups is 1. The standard InChI is InChI=1S/C18H29N3O2/c1-18(2,15-22)9-6-10-19-17(23)21-13-11-20(12-14-21)16-7-4-3-5-8-16/h3-5,7-8,22H,6,9-15H2,1-2H3,(H,19,23). The van der Waals surface area contributed by atoms with E-state index in [1.54, 1.807) is 0 Å². The third-order valence-electron chi connectivity index (χ3n) is 4.42. The van der Waals surface area contributed by atoms with Crippen LogP contribution in [0, 0.1) is 5.41 Å². The van der Waals surface area contributed by atoms with Gasteiger partial charge in [-0.25, -0.2) is 4.79 Å². The zero-order valence-electron chi connectivity index (χ0n) is 14.3. The van der Waals surface area contributed by atoms with E-state index >= 15 is 0 Å². The number of rotatable bonds is 6. The summed E-state index contributed by atoms with van der Waals surface area (Å²) in [5.74, 6) is 0. The molecular formula is C18H29N3O2. The lowest BCUT2D eigenvalue weighted by molar-refractivity contribution is 0.147. The zero-order chi connectivity index (χ0) is 16.7. The molecule has 5 heteroatoms. The molecule has 128 valence electrons. The smallest absolute Gasteiger partial charge is 0.317 e. The van der Waals surface area contributed by atoms with E-state index in [4.69, 9.17) is 0 Å². The van der Waals surface area contributed by atoms with Crippen molar-refractivity contribution < 1.29 is 9.90 Å². The van der Waals surface area contributed by atoms with E-state index < -0.39 is 0 Å². The second-order valence-electron chi connectivity index (χ2n) is 6.97. The number of aliphatic hydroxyl groups excluding tert-OH is 1. The highest BCUT2D eigenvalue weighted by Crippen LogP contribution is 2.20. The van der Waals surface area contributed by atoms with Gasteiger partial charge in [-0.3, -0.25) is 0 Å². The summed E-state index contributed by atoms with van der Waals surface area (Å²) < 4.78 is 0. The van der Waals surface area contributed by atoms with Crippen molar-refractivity contribution in [3.05, 3.63) is 30.3 Å². The lowest BCUT2D eigenvalue weighted by Crippen LogP contribution is -2.52. The van der Waals surface area contributed by atoms with Crippen LogP contribution in [0.5, 0.6) is 0 Å². The molecule has 0 atom stereocenters. The number of urea groups is 1. The number of nitrogens with one attached hydrogen (secondary N) is 1. The second-order valence-corrected chi connectivity index (χ2v) is 6.97. The van der Waals surface area contributed by atoms with E-state index in [9.17, 15) is 9.90 Å². The van der Waals surface area contributed by atoms with Crippen molar-refractivity contribution in [2.24, 2.45) is 5.41 Å². The number of hydrogen-bond acceptors (Lipinski definition) is 3. The van der Waals surface area contributed by atoms with Gasteiger partial charge in [0, 0.05) is 45.0 Å². The van der Waals surface area contributed by atoms with Crippen LogP contribution >= 0.6 is 0 Å². The number of nitrogens with zero attached hydrogens (tertiary/aromatic N) is 2. The predicted molar refractivity (Wildman–Crippen MR) is 93.7 cm³/mol. The van der Waals surface area contributed by atoms with Gasteiger partial charge in [0.1, 0.15) is 0 Å². The third-order valence-corrected chi connectivity index (χ3v) is 4.42. The largest absolute Gasteiger partial charge is 0.396 e. The van der Waals surface area contributed by atoms with Gasteiger partial charge in [0.2, 0.25) is 0 Å². The van der Waals surface area contributed by atoms with Crippen molar-refractivity contribution in [1.82, 2.24) is 10.2 Å². The number of carbonyl (C=O) groups excluding carboxylic acids is 1. The minimum atomic E-state index is -0.0635. The molecule has 2 N–H and O–H groups in total. The molecule has 0 unspecified atom stereocenters. The van der Waals surface area contributed by atoms with Crippen LogP contribution in [0.25, 0.3) is 0 Å². The van der Waals surface area contributed by atoms with Gasteiger partial charge in [0.25, 0.3) is 0 Å². The normalized spacial score (nSPS) is 15.6. The molecule has 0 saturated carbocycles. The van der Waals surface area contributed by atoms with Gasteiger partial charge in [-0.1, -0.05) is 32.0 Å². The Morgan fingerprint density at radius 2 is 1.83 bits per heavy atom. The molecule has 1 aliphatic rings. The van der Waals surface area contributed by atoms with Gasteiger partial charge in [-0.2, -0.15) is 0 Å². The highest BCUT2D eigenvalue weighted by molar-refractivity contribution is 5.74. The van der Waals surface area contributed by atoms with E-state index in [0.717, 1.165) is 39.0 Å². The van der Waals surface area contributed by atoms with Crippen LogP contribution < -0.4 is 10.2 Å². The van der Waals surface area contributed by atoms with Crippen LogP contribution in [0.15, 0.2) is 30.3 Å². The van der Waals surface area contributed by atoms with Crippen molar-refractivity contribution in [1.29, 1.82) is 0 Å². The minimum Gasteiger partial charge on any atom is -0.396 e. The van der Waals surface area contributed by atoms with Gasteiger partial charge in [-0.05, 0) is 30.4 Å². The first-order valence-corrected chi connectivity index (χ1v) is 8.45. The maximum absolute atomic E-state index is 12.2. The van der Waals surface area contributed by atoms with E-state index in [-0.39, 0.29) is 18.1 Å². The van der Waals surface area contributed by atoms with E-state index in [1.165, 1.54) is 5.69 Å². The Hall–Kier alpha value is -1.75. The van der Waals surface area contributed by atoms with Gasteiger partial charge in [0.15, 0.2) is 0 Å². The second kappa shape index (κ2) is 8.20. The Morgan fingerprint density at radius 1 is 1.17 bits per heavy atom. The van der Waals surface area contributed by atoms with Crippen LogP contribution in [0.3, 0.4) is 0 Å². The van der Waals surface area contributed by atoms with Crippen molar-refractivity contribution in [3.8, 4) is 0 Å². The fourth-order valence-electron chi connectivity index (χ4n) is 2.76. The molecule has 5 nitrogen and oxygen atoms in total. The van der Waals surface area contributed by atoms with Gasteiger partial charge < -0.3 is 20.2 Å². The molecule has 1 aromatic rings. The lowest BCUT2D eigenvalue weighted by atomic mass is 9.89. The number of hydrogen-bond donors (Lipinski definition) is 2. The quantitative estimate of drug-likeness (QED) is 0.791. The van der Waals surface area contributed by atoms with Gasteiger partial charge in [0.05, 0.1) is 0 Å². The molecule has 1 fully saturated rings. The number of para-hydroxylation sites is 1. The molecule has 0 spiro atoms. The van der Waals surface area contributed by atoms with Crippen LogP contribution in [0.4, 0.5) is 10.5 Å². The Morgan fingerprint density at radius 3 is 2.43 bits per heavy atom. The van der Waals surface area contributed by atoms with Crippen molar-refractivity contribution >= 4 is 11.7 Å². The van der Waals surface area contributed by atoms with Gasteiger partial charge >= 0.3 is 6.03 Å². The van der Waals surface area contributed by atoms with E-state index in [2.05, 4.69) is 22.3 Å². The number of anilines is 1. The summed E-state index contributed by atoms with van der Waals surface area (Å²) in [5.41, 5.74) is 1.16. The molecule has 2 rings (SSSR count). The number of piperazine rings is 1. The molecule has 1 aliphatic heterocycles. The molecule has 0 bridgehead atoms. The van der Waals surface area contributed by atoms with Crippen molar-refractivity contribution in [2.45, 2.75) is 26.7 Å². The summed E-state index contributed by atoms with van der Waals surface area (Å²) >= 11 is 0. The molecule has 0 radical (unpaired) electrons. The number of amides is 2. The molecule has 0 aromatic heterocycles. The van der Waals surface area contributed by atoms with Crippen molar-refractivity contribution in [3.63, 3.8) is 0 Å². The Balaban J connectivity index is 1.68. The molecule has 2 amide bonds. The summed E-state index contributed by atoms with van der Waals surface area (Å²) in [6.07, 6.45) is 1.80. The molecule has 1 aromatic carbocycles. The van der Waals surface area contributed by atoms with E-state index in [1.807, 2.05) is 36.9 Å². The fourth-order valence-corrected chi connectivity index (χ4v) is 2.76. The Labute approximate surface area is 139 Å². The summed E-state index contributed by atoms with van der Waals surface area (Å²) in [6.45, 7) is 8.18. The highest BCUT2D eigenvalue weighted by atomic mass is 16.3. The summed E-state index contributed by atoms with van der Waals surface area (Å²) in [7, 11) is 0. The van der Waals surface area contributed by atoms with Crippen LogP contribution in [-0.4, -0.2) is 55.4 Å².